The Hall–Kier alpha value is -1.61. The van der Waals surface area contributed by atoms with E-state index in [0.717, 1.165) is 31.7 Å². The molecule has 3 heteroatoms. The molecule has 3 nitrogen and oxygen atoms in total. The van der Waals surface area contributed by atoms with Crippen molar-refractivity contribution in [2.45, 2.75) is 46.6 Å². The summed E-state index contributed by atoms with van der Waals surface area (Å²) in [6, 6.07) is 11.1. The van der Waals surface area contributed by atoms with E-state index in [0.29, 0.717) is 5.92 Å². The van der Waals surface area contributed by atoms with Crippen LogP contribution in [0.2, 0.25) is 0 Å². The molecule has 0 amide bonds. The van der Waals surface area contributed by atoms with Crippen LogP contribution in [0.5, 0.6) is 0 Å². The molecule has 0 saturated carbocycles. The van der Waals surface area contributed by atoms with Gasteiger partial charge in [-0.2, -0.15) is 5.10 Å². The Bertz CT molecular complexity index is 572. The molecule has 0 aliphatic carbocycles. The quantitative estimate of drug-likeness (QED) is 0.844. The van der Waals surface area contributed by atoms with Crippen LogP contribution >= 0.6 is 0 Å². The molecule has 2 rings (SSSR count). The topological polar surface area (TPSA) is 29.9 Å². The lowest BCUT2D eigenvalue weighted by molar-refractivity contribution is 0.550. The SMILES string of the molecule is CCNCC(Cc1cc(C)nn1CC)c1cccc(C)c1. The molecular weight excluding hydrogens is 258 g/mol. The number of hydrogen-bond donors (Lipinski definition) is 1. The van der Waals surface area contributed by atoms with Gasteiger partial charge in [0.15, 0.2) is 0 Å². The third kappa shape index (κ3) is 4.18. The maximum absolute atomic E-state index is 4.57. The Morgan fingerprint density at radius 2 is 2.00 bits per heavy atom. The van der Waals surface area contributed by atoms with Crippen molar-refractivity contribution < 1.29 is 0 Å². The molecule has 1 unspecified atom stereocenters. The number of rotatable bonds is 7. The fraction of sp³-hybridized carbons (Fsp3) is 0.500. The molecule has 0 bridgehead atoms. The lowest BCUT2D eigenvalue weighted by Gasteiger charge is -2.19. The van der Waals surface area contributed by atoms with Crippen molar-refractivity contribution in [3.8, 4) is 0 Å². The van der Waals surface area contributed by atoms with Crippen molar-refractivity contribution in [2.24, 2.45) is 0 Å². The summed E-state index contributed by atoms with van der Waals surface area (Å²) in [5, 5.41) is 8.07. The maximum atomic E-state index is 4.57. The summed E-state index contributed by atoms with van der Waals surface area (Å²) in [5.41, 5.74) is 5.18. The third-order valence-electron chi connectivity index (χ3n) is 3.89. The predicted octanol–water partition coefficient (Wildman–Crippen LogP) is 3.46. The summed E-state index contributed by atoms with van der Waals surface area (Å²) in [4.78, 5) is 0. The van der Waals surface area contributed by atoms with Crippen molar-refractivity contribution in [3.63, 3.8) is 0 Å². The molecule has 0 aliphatic rings. The maximum Gasteiger partial charge on any atom is 0.0596 e. The highest BCUT2D eigenvalue weighted by Gasteiger charge is 2.15. The molecule has 1 aromatic carbocycles. The molecule has 1 atom stereocenters. The van der Waals surface area contributed by atoms with Gasteiger partial charge in [-0.1, -0.05) is 36.8 Å². The fourth-order valence-corrected chi connectivity index (χ4v) is 2.84. The van der Waals surface area contributed by atoms with Crippen molar-refractivity contribution in [2.75, 3.05) is 13.1 Å². The second kappa shape index (κ2) is 7.41. The van der Waals surface area contributed by atoms with E-state index >= 15 is 0 Å². The Morgan fingerprint density at radius 1 is 1.19 bits per heavy atom. The van der Waals surface area contributed by atoms with E-state index in [4.69, 9.17) is 0 Å². The minimum atomic E-state index is 0.492. The standard InChI is InChI=1S/C18H27N3/c1-5-19-13-17(16-9-7-8-14(3)10-16)12-18-11-15(4)20-21(18)6-2/h7-11,17,19H,5-6,12-13H2,1-4H3. The van der Waals surface area contributed by atoms with Crippen LogP contribution in [0.3, 0.4) is 0 Å². The molecule has 1 aromatic heterocycles. The predicted molar refractivity (Wildman–Crippen MR) is 88.8 cm³/mol. The zero-order chi connectivity index (χ0) is 15.2. The van der Waals surface area contributed by atoms with Crippen LogP contribution in [0, 0.1) is 13.8 Å². The second-order valence-corrected chi connectivity index (χ2v) is 5.72. The highest BCUT2D eigenvalue weighted by molar-refractivity contribution is 5.27. The number of nitrogens with one attached hydrogen (secondary N) is 1. The monoisotopic (exact) mass is 285 g/mol. The minimum Gasteiger partial charge on any atom is -0.316 e. The third-order valence-corrected chi connectivity index (χ3v) is 3.89. The van der Waals surface area contributed by atoms with E-state index in [1.54, 1.807) is 0 Å². The van der Waals surface area contributed by atoms with Crippen LogP contribution in [0.4, 0.5) is 0 Å². The van der Waals surface area contributed by atoms with E-state index in [9.17, 15) is 0 Å². The lowest BCUT2D eigenvalue weighted by Crippen LogP contribution is -2.23. The Kier molecular flexibility index (Phi) is 5.57. The summed E-state index contributed by atoms with van der Waals surface area (Å²) < 4.78 is 2.13. The first-order valence-corrected chi connectivity index (χ1v) is 7.94. The van der Waals surface area contributed by atoms with Crippen LogP contribution in [-0.4, -0.2) is 22.9 Å². The first-order valence-electron chi connectivity index (χ1n) is 7.94. The van der Waals surface area contributed by atoms with E-state index in [1.165, 1.54) is 16.8 Å². The zero-order valence-corrected chi connectivity index (χ0v) is 13.7. The first-order chi connectivity index (χ1) is 10.1. The van der Waals surface area contributed by atoms with Gasteiger partial charge in [-0.3, -0.25) is 4.68 Å². The summed E-state index contributed by atoms with van der Waals surface area (Å²) >= 11 is 0. The number of aromatic nitrogens is 2. The van der Waals surface area contributed by atoms with Gasteiger partial charge in [0, 0.05) is 24.7 Å². The van der Waals surface area contributed by atoms with Gasteiger partial charge in [-0.25, -0.2) is 0 Å². The highest BCUT2D eigenvalue weighted by Crippen LogP contribution is 2.22. The smallest absolute Gasteiger partial charge is 0.0596 e. The molecule has 0 spiro atoms. The normalized spacial score (nSPS) is 12.6. The molecule has 1 heterocycles. The van der Waals surface area contributed by atoms with E-state index in [-0.39, 0.29) is 0 Å². The van der Waals surface area contributed by atoms with Gasteiger partial charge in [0.25, 0.3) is 0 Å². The number of nitrogens with zero attached hydrogens (tertiary/aromatic N) is 2. The average Bonchev–Trinajstić information content (AvgIpc) is 2.83. The Balaban J connectivity index is 2.23. The molecule has 1 N–H and O–H groups in total. The van der Waals surface area contributed by atoms with Crippen LogP contribution in [-0.2, 0) is 13.0 Å². The fourth-order valence-electron chi connectivity index (χ4n) is 2.84. The van der Waals surface area contributed by atoms with Crippen LogP contribution in [0.25, 0.3) is 0 Å². The van der Waals surface area contributed by atoms with Crippen molar-refractivity contribution in [1.82, 2.24) is 15.1 Å². The van der Waals surface area contributed by atoms with Gasteiger partial charge in [0.2, 0.25) is 0 Å². The van der Waals surface area contributed by atoms with E-state index in [1.807, 2.05) is 0 Å². The van der Waals surface area contributed by atoms with Gasteiger partial charge in [0.1, 0.15) is 0 Å². The van der Waals surface area contributed by atoms with Gasteiger partial charge in [0.05, 0.1) is 5.69 Å². The van der Waals surface area contributed by atoms with Gasteiger partial charge in [-0.15, -0.1) is 0 Å². The first kappa shape index (κ1) is 15.8. The Labute approximate surface area is 128 Å². The van der Waals surface area contributed by atoms with Crippen molar-refractivity contribution in [1.29, 1.82) is 0 Å². The van der Waals surface area contributed by atoms with Crippen molar-refractivity contribution in [3.05, 3.63) is 52.8 Å². The van der Waals surface area contributed by atoms with Gasteiger partial charge >= 0.3 is 0 Å². The summed E-state index contributed by atoms with van der Waals surface area (Å²) in [6.45, 7) is 11.5. The molecular formula is C18H27N3. The highest BCUT2D eigenvalue weighted by atomic mass is 15.3. The molecule has 0 radical (unpaired) electrons. The molecule has 114 valence electrons. The van der Waals surface area contributed by atoms with Crippen molar-refractivity contribution >= 4 is 0 Å². The van der Waals surface area contributed by atoms with Crippen LogP contribution < -0.4 is 5.32 Å². The number of hydrogen-bond acceptors (Lipinski definition) is 2. The largest absolute Gasteiger partial charge is 0.316 e. The second-order valence-electron chi connectivity index (χ2n) is 5.72. The lowest BCUT2D eigenvalue weighted by atomic mass is 9.92. The summed E-state index contributed by atoms with van der Waals surface area (Å²) in [7, 11) is 0. The molecule has 0 aliphatic heterocycles. The number of aryl methyl sites for hydroxylation is 3. The Morgan fingerprint density at radius 3 is 2.67 bits per heavy atom. The molecule has 0 fully saturated rings. The van der Waals surface area contributed by atoms with Crippen LogP contribution in [0.1, 0.15) is 42.3 Å². The van der Waals surface area contributed by atoms with Crippen LogP contribution in [0.15, 0.2) is 30.3 Å². The minimum absolute atomic E-state index is 0.492. The van der Waals surface area contributed by atoms with Gasteiger partial charge < -0.3 is 5.32 Å². The summed E-state index contributed by atoms with van der Waals surface area (Å²) in [5.74, 6) is 0.492. The van der Waals surface area contributed by atoms with E-state index in [2.05, 4.69) is 73.1 Å². The average molecular weight is 285 g/mol. The van der Waals surface area contributed by atoms with Gasteiger partial charge in [-0.05, 0) is 45.4 Å². The zero-order valence-electron chi connectivity index (χ0n) is 13.7. The molecule has 0 saturated heterocycles. The number of benzene rings is 1. The molecule has 21 heavy (non-hydrogen) atoms. The summed E-state index contributed by atoms with van der Waals surface area (Å²) in [6.07, 6.45) is 1.03. The number of likely N-dealkylation sites (N-methyl/N-ethyl adjacent to an activating group) is 1. The van der Waals surface area contributed by atoms with E-state index < -0.39 is 0 Å². The molecule has 2 aromatic rings.